The number of halogens is 3. The van der Waals surface area contributed by atoms with Crippen LogP contribution in [0.4, 0.5) is 13.2 Å². The zero-order valence-corrected chi connectivity index (χ0v) is 15.6. The Bertz CT molecular complexity index is 950. The van der Waals surface area contributed by atoms with E-state index in [1.165, 1.54) is 36.0 Å². The first-order valence-corrected chi connectivity index (χ1v) is 9.29. The fourth-order valence-electron chi connectivity index (χ4n) is 2.25. The minimum atomic E-state index is -0.625. The second-order valence-corrected chi connectivity index (χ2v) is 7.07. The Kier molecular flexibility index (Phi) is 6.01. The van der Waals surface area contributed by atoms with E-state index in [1.807, 2.05) is 13.8 Å². The number of hydrogen-bond acceptors (Lipinski definition) is 4. The third-order valence-electron chi connectivity index (χ3n) is 3.72. The van der Waals surface area contributed by atoms with Crippen molar-refractivity contribution in [3.8, 4) is 11.6 Å². The van der Waals surface area contributed by atoms with Crippen molar-refractivity contribution >= 4 is 11.8 Å². The Hall–Kier alpha value is -2.54. The van der Waals surface area contributed by atoms with Gasteiger partial charge in [0, 0.05) is 17.9 Å². The molecule has 3 rings (SSSR count). The van der Waals surface area contributed by atoms with E-state index in [2.05, 4.69) is 9.97 Å². The van der Waals surface area contributed by atoms with Gasteiger partial charge in [-0.05, 0) is 29.7 Å². The number of rotatable bonds is 6. The number of hydrogen-bond donors (Lipinski definition) is 0. The van der Waals surface area contributed by atoms with Gasteiger partial charge in [-0.2, -0.15) is 4.98 Å². The fraction of sp³-hybridized carbons (Fsp3) is 0.200. The van der Waals surface area contributed by atoms with Crippen molar-refractivity contribution < 1.29 is 17.9 Å². The number of para-hydroxylation sites is 1. The summed E-state index contributed by atoms with van der Waals surface area (Å²) in [6.45, 7) is 3.92. The summed E-state index contributed by atoms with van der Waals surface area (Å²) in [5.41, 5.74) is 1.06. The van der Waals surface area contributed by atoms with Crippen molar-refractivity contribution in [2.24, 2.45) is 0 Å². The highest BCUT2D eigenvalue weighted by molar-refractivity contribution is 7.98. The second-order valence-electron chi connectivity index (χ2n) is 6.13. The zero-order chi connectivity index (χ0) is 19.4. The average molecular weight is 390 g/mol. The van der Waals surface area contributed by atoms with Gasteiger partial charge in [0.15, 0.2) is 16.7 Å². The Morgan fingerprint density at radius 1 is 0.963 bits per heavy atom. The van der Waals surface area contributed by atoms with Crippen molar-refractivity contribution in [1.29, 1.82) is 0 Å². The molecule has 0 aliphatic heterocycles. The number of thioether (sulfide) groups is 1. The van der Waals surface area contributed by atoms with Gasteiger partial charge >= 0.3 is 0 Å². The first-order chi connectivity index (χ1) is 12.9. The van der Waals surface area contributed by atoms with Gasteiger partial charge in [-0.3, -0.25) is 0 Å². The molecule has 0 N–H and O–H groups in total. The van der Waals surface area contributed by atoms with Crippen molar-refractivity contribution in [1.82, 2.24) is 9.97 Å². The summed E-state index contributed by atoms with van der Waals surface area (Å²) < 4.78 is 46.2. The van der Waals surface area contributed by atoms with E-state index in [-0.39, 0.29) is 23.3 Å². The highest BCUT2D eigenvalue weighted by atomic mass is 32.2. The molecule has 27 heavy (non-hydrogen) atoms. The predicted molar refractivity (Wildman–Crippen MR) is 98.5 cm³/mol. The molecule has 1 aromatic heterocycles. The van der Waals surface area contributed by atoms with Crippen LogP contribution in [0, 0.1) is 17.5 Å². The highest BCUT2D eigenvalue weighted by Gasteiger charge is 2.13. The molecule has 0 saturated carbocycles. The molecule has 0 fully saturated rings. The summed E-state index contributed by atoms with van der Waals surface area (Å²) in [5, 5.41) is 0.372. The van der Waals surface area contributed by atoms with Gasteiger partial charge in [0.1, 0.15) is 11.6 Å². The highest BCUT2D eigenvalue weighted by Crippen LogP contribution is 2.29. The minimum Gasteiger partial charge on any atom is -0.436 e. The lowest BCUT2D eigenvalue weighted by atomic mass is 10.1. The topological polar surface area (TPSA) is 35.0 Å². The van der Waals surface area contributed by atoms with Crippen molar-refractivity contribution in [3.63, 3.8) is 0 Å². The molecule has 0 amide bonds. The van der Waals surface area contributed by atoms with Gasteiger partial charge in [0.05, 0.1) is 5.69 Å². The Morgan fingerprint density at radius 3 is 2.44 bits per heavy atom. The number of benzene rings is 2. The van der Waals surface area contributed by atoms with Crippen LogP contribution in [0.5, 0.6) is 11.6 Å². The molecule has 2 aromatic carbocycles. The number of ether oxygens (including phenoxy) is 1. The SMILES string of the molecule is CC(C)c1cc(Oc2ccccc2F)nc(SCc2ccc(F)cc2F)n1. The molecule has 0 spiro atoms. The molecule has 0 saturated heterocycles. The minimum absolute atomic E-state index is 0.0615. The number of nitrogens with zero attached hydrogens (tertiary/aromatic N) is 2. The largest absolute Gasteiger partial charge is 0.436 e. The molecule has 0 aliphatic rings. The molecule has 0 atom stereocenters. The molecule has 0 aliphatic carbocycles. The van der Waals surface area contributed by atoms with E-state index in [0.717, 1.165) is 11.8 Å². The fourth-order valence-corrected chi connectivity index (χ4v) is 3.10. The molecular formula is C20H17F3N2OS. The molecule has 1 heterocycles. The Morgan fingerprint density at radius 2 is 1.74 bits per heavy atom. The lowest BCUT2D eigenvalue weighted by molar-refractivity contribution is 0.420. The standard InChI is InChI=1S/C20H17F3N2OS/c1-12(2)17-10-19(26-18-6-4-3-5-15(18)22)25-20(24-17)27-11-13-7-8-14(21)9-16(13)23/h3-10,12H,11H2,1-2H3. The second kappa shape index (κ2) is 8.43. The summed E-state index contributed by atoms with van der Waals surface area (Å²) in [7, 11) is 0. The van der Waals surface area contributed by atoms with Gasteiger partial charge in [0.2, 0.25) is 5.88 Å². The lowest BCUT2D eigenvalue weighted by Gasteiger charge is -2.11. The Balaban J connectivity index is 1.84. The normalized spacial score (nSPS) is 11.0. The van der Waals surface area contributed by atoms with Gasteiger partial charge in [-0.1, -0.05) is 43.8 Å². The zero-order valence-electron chi connectivity index (χ0n) is 14.7. The Labute approximate surface area is 159 Å². The van der Waals surface area contributed by atoms with E-state index in [4.69, 9.17) is 4.74 Å². The third kappa shape index (κ3) is 5.01. The van der Waals surface area contributed by atoms with Crippen LogP contribution in [0.25, 0.3) is 0 Å². The maximum absolute atomic E-state index is 13.8. The van der Waals surface area contributed by atoms with Crippen LogP contribution in [-0.2, 0) is 5.75 Å². The van der Waals surface area contributed by atoms with E-state index >= 15 is 0 Å². The molecule has 0 unspecified atom stereocenters. The molecule has 3 aromatic rings. The summed E-state index contributed by atoms with van der Waals surface area (Å²) in [6.07, 6.45) is 0. The van der Waals surface area contributed by atoms with Crippen molar-refractivity contribution in [2.45, 2.75) is 30.7 Å². The van der Waals surface area contributed by atoms with Crippen LogP contribution in [0.15, 0.2) is 53.7 Å². The quantitative estimate of drug-likeness (QED) is 0.376. The molecule has 3 nitrogen and oxygen atoms in total. The smallest absolute Gasteiger partial charge is 0.223 e. The molecular weight excluding hydrogens is 373 g/mol. The van der Waals surface area contributed by atoms with E-state index in [9.17, 15) is 13.2 Å². The van der Waals surface area contributed by atoms with Crippen molar-refractivity contribution in [3.05, 3.63) is 77.2 Å². The van der Waals surface area contributed by atoms with Gasteiger partial charge in [0.25, 0.3) is 0 Å². The lowest BCUT2D eigenvalue weighted by Crippen LogP contribution is -2.00. The summed E-state index contributed by atoms with van der Waals surface area (Å²) >= 11 is 1.20. The van der Waals surface area contributed by atoms with Crippen LogP contribution >= 0.6 is 11.8 Å². The van der Waals surface area contributed by atoms with Gasteiger partial charge in [-0.25, -0.2) is 18.2 Å². The summed E-state index contributed by atoms with van der Waals surface area (Å²) in [6, 6.07) is 11.1. The molecule has 140 valence electrons. The van der Waals surface area contributed by atoms with Gasteiger partial charge < -0.3 is 4.74 Å². The monoisotopic (exact) mass is 390 g/mol. The van der Waals surface area contributed by atoms with Gasteiger partial charge in [-0.15, -0.1) is 0 Å². The first kappa shape index (κ1) is 19.2. The van der Waals surface area contributed by atoms with E-state index < -0.39 is 17.5 Å². The molecule has 7 heteroatoms. The average Bonchev–Trinajstić information content (AvgIpc) is 2.63. The van der Waals surface area contributed by atoms with Crippen LogP contribution < -0.4 is 4.74 Å². The van der Waals surface area contributed by atoms with Crippen molar-refractivity contribution in [2.75, 3.05) is 0 Å². The van der Waals surface area contributed by atoms with Crippen LogP contribution in [0.1, 0.15) is 31.0 Å². The summed E-state index contributed by atoms with van der Waals surface area (Å²) in [4.78, 5) is 8.72. The van der Waals surface area contributed by atoms with E-state index in [0.29, 0.717) is 10.7 Å². The molecule has 0 radical (unpaired) electrons. The van der Waals surface area contributed by atoms with Crippen LogP contribution in [0.2, 0.25) is 0 Å². The molecule has 0 bridgehead atoms. The van der Waals surface area contributed by atoms with Crippen LogP contribution in [0.3, 0.4) is 0 Å². The van der Waals surface area contributed by atoms with E-state index in [1.54, 1.807) is 18.2 Å². The number of aromatic nitrogens is 2. The third-order valence-corrected chi connectivity index (χ3v) is 4.61. The summed E-state index contributed by atoms with van der Waals surface area (Å²) in [5.74, 6) is -1.15. The maximum Gasteiger partial charge on any atom is 0.223 e. The first-order valence-electron chi connectivity index (χ1n) is 8.30. The van der Waals surface area contributed by atoms with Crippen LogP contribution in [-0.4, -0.2) is 9.97 Å². The predicted octanol–water partition coefficient (Wildman–Crippen LogP) is 6.10. The maximum atomic E-state index is 13.8.